The molecule has 2 heterocycles. The van der Waals surface area contributed by atoms with Crippen molar-refractivity contribution < 1.29 is 13.9 Å². The molecule has 3 aromatic rings. The summed E-state index contributed by atoms with van der Waals surface area (Å²) < 4.78 is 11.9. The predicted octanol–water partition coefficient (Wildman–Crippen LogP) is 2.48. The third-order valence-corrected chi connectivity index (χ3v) is 3.26. The highest BCUT2D eigenvalue weighted by molar-refractivity contribution is 5.92. The molecule has 6 heteroatoms. The van der Waals surface area contributed by atoms with Crippen LogP contribution in [0.5, 0.6) is 0 Å². The van der Waals surface area contributed by atoms with Crippen LogP contribution in [0.15, 0.2) is 28.7 Å². The highest BCUT2D eigenvalue weighted by Crippen LogP contribution is 2.22. The van der Waals surface area contributed by atoms with Crippen molar-refractivity contribution in [3.8, 4) is 0 Å². The van der Waals surface area contributed by atoms with Crippen LogP contribution < -0.4 is 0 Å². The van der Waals surface area contributed by atoms with E-state index in [0.717, 1.165) is 22.6 Å². The molecule has 0 bridgehead atoms. The Balaban J connectivity index is 1.93. The van der Waals surface area contributed by atoms with E-state index in [9.17, 15) is 4.79 Å². The van der Waals surface area contributed by atoms with Gasteiger partial charge in [-0.25, -0.2) is 14.5 Å². The molecule has 0 amide bonds. The van der Waals surface area contributed by atoms with E-state index in [1.165, 1.54) is 7.11 Å². The average Bonchev–Trinajstić information content (AvgIpc) is 3.01. The van der Waals surface area contributed by atoms with E-state index < -0.39 is 5.97 Å². The van der Waals surface area contributed by atoms with E-state index in [1.807, 2.05) is 36.7 Å². The van der Waals surface area contributed by atoms with E-state index >= 15 is 0 Å². The van der Waals surface area contributed by atoms with Gasteiger partial charge in [0.2, 0.25) is 5.76 Å². The van der Waals surface area contributed by atoms with Crippen molar-refractivity contribution in [2.24, 2.45) is 0 Å². The number of benzene rings is 1. The standard InChI is InChI=1S/C15H15N3O3/c1-9-16-10(2)18(17-9)8-11-4-5-13-12(6-11)7-14(21-13)15(19)20-3/h4-7H,8H2,1-3H3. The van der Waals surface area contributed by atoms with Crippen LogP contribution in [0, 0.1) is 13.8 Å². The summed E-state index contributed by atoms with van der Waals surface area (Å²) in [4.78, 5) is 15.7. The Bertz CT molecular complexity index is 817. The van der Waals surface area contributed by atoms with Gasteiger partial charge in [0.25, 0.3) is 0 Å². The number of hydrogen-bond acceptors (Lipinski definition) is 5. The summed E-state index contributed by atoms with van der Waals surface area (Å²) in [5.74, 6) is 1.35. The number of esters is 1. The number of hydrogen-bond donors (Lipinski definition) is 0. The first-order chi connectivity index (χ1) is 10.1. The topological polar surface area (TPSA) is 70.2 Å². The molecule has 0 atom stereocenters. The fourth-order valence-corrected chi connectivity index (χ4v) is 2.28. The van der Waals surface area contributed by atoms with Crippen molar-refractivity contribution in [1.82, 2.24) is 14.8 Å². The monoisotopic (exact) mass is 285 g/mol. The number of carbonyl (C=O) groups is 1. The van der Waals surface area contributed by atoms with Gasteiger partial charge in [-0.2, -0.15) is 5.10 Å². The van der Waals surface area contributed by atoms with Crippen molar-refractivity contribution in [1.29, 1.82) is 0 Å². The Hall–Kier alpha value is -2.63. The van der Waals surface area contributed by atoms with Crippen LogP contribution in [0.25, 0.3) is 11.0 Å². The molecule has 0 aliphatic heterocycles. The lowest BCUT2D eigenvalue weighted by molar-refractivity contribution is 0.0567. The largest absolute Gasteiger partial charge is 0.463 e. The molecule has 0 saturated heterocycles. The summed E-state index contributed by atoms with van der Waals surface area (Å²) in [5.41, 5.74) is 1.72. The maximum absolute atomic E-state index is 11.5. The molecule has 0 aliphatic rings. The van der Waals surface area contributed by atoms with Gasteiger partial charge >= 0.3 is 5.97 Å². The molecule has 0 aliphatic carbocycles. The lowest BCUT2D eigenvalue weighted by Crippen LogP contribution is -2.03. The molecule has 21 heavy (non-hydrogen) atoms. The predicted molar refractivity (Wildman–Crippen MR) is 76.2 cm³/mol. The second-order valence-electron chi connectivity index (χ2n) is 4.84. The molecule has 0 spiro atoms. The zero-order valence-corrected chi connectivity index (χ0v) is 12.1. The maximum atomic E-state index is 11.5. The van der Waals surface area contributed by atoms with Crippen LogP contribution >= 0.6 is 0 Å². The Morgan fingerprint density at radius 3 is 2.81 bits per heavy atom. The van der Waals surface area contributed by atoms with E-state index in [1.54, 1.807) is 6.07 Å². The van der Waals surface area contributed by atoms with Crippen LogP contribution in [0.1, 0.15) is 27.8 Å². The summed E-state index contributed by atoms with van der Waals surface area (Å²) in [6.45, 7) is 4.42. The molecule has 6 nitrogen and oxygen atoms in total. The van der Waals surface area contributed by atoms with Gasteiger partial charge < -0.3 is 9.15 Å². The molecule has 2 aromatic heterocycles. The molecule has 108 valence electrons. The molecule has 0 unspecified atom stereocenters. The third-order valence-electron chi connectivity index (χ3n) is 3.26. The lowest BCUT2D eigenvalue weighted by atomic mass is 10.1. The lowest BCUT2D eigenvalue weighted by Gasteiger charge is -2.03. The normalized spacial score (nSPS) is 11.0. The minimum atomic E-state index is -0.476. The number of aryl methyl sites for hydroxylation is 2. The number of aromatic nitrogens is 3. The van der Waals surface area contributed by atoms with Gasteiger partial charge in [0.05, 0.1) is 13.7 Å². The van der Waals surface area contributed by atoms with Gasteiger partial charge in [-0.1, -0.05) is 6.07 Å². The maximum Gasteiger partial charge on any atom is 0.373 e. The van der Waals surface area contributed by atoms with Crippen LogP contribution in [-0.2, 0) is 11.3 Å². The van der Waals surface area contributed by atoms with Crippen molar-refractivity contribution in [3.63, 3.8) is 0 Å². The Morgan fingerprint density at radius 2 is 2.14 bits per heavy atom. The summed E-state index contributed by atoms with van der Waals surface area (Å²) in [5, 5.41) is 5.20. The molecule has 3 rings (SSSR count). The molecular weight excluding hydrogens is 270 g/mol. The van der Waals surface area contributed by atoms with E-state index in [-0.39, 0.29) is 5.76 Å². The Labute approximate surface area is 121 Å². The van der Waals surface area contributed by atoms with Gasteiger partial charge in [0, 0.05) is 5.39 Å². The molecular formula is C15H15N3O3. The number of methoxy groups -OCH3 is 1. The number of carbonyl (C=O) groups excluding carboxylic acids is 1. The van der Waals surface area contributed by atoms with Crippen molar-refractivity contribution in [2.45, 2.75) is 20.4 Å². The summed E-state index contributed by atoms with van der Waals surface area (Å²) in [7, 11) is 1.33. The van der Waals surface area contributed by atoms with Gasteiger partial charge in [-0.15, -0.1) is 0 Å². The Kier molecular flexibility index (Phi) is 3.21. The minimum Gasteiger partial charge on any atom is -0.463 e. The highest BCUT2D eigenvalue weighted by Gasteiger charge is 2.13. The van der Waals surface area contributed by atoms with E-state index in [4.69, 9.17) is 4.42 Å². The SMILES string of the molecule is COC(=O)c1cc2cc(Cn3nc(C)nc3C)ccc2o1. The third kappa shape index (κ3) is 2.52. The number of ether oxygens (including phenoxy) is 1. The second-order valence-corrected chi connectivity index (χ2v) is 4.84. The number of rotatable bonds is 3. The molecule has 0 N–H and O–H groups in total. The van der Waals surface area contributed by atoms with Crippen molar-refractivity contribution in [2.75, 3.05) is 7.11 Å². The number of furan rings is 1. The van der Waals surface area contributed by atoms with Gasteiger partial charge in [-0.05, 0) is 37.6 Å². The first kappa shape index (κ1) is 13.4. The molecule has 1 aromatic carbocycles. The summed E-state index contributed by atoms with van der Waals surface area (Å²) >= 11 is 0. The zero-order chi connectivity index (χ0) is 15.0. The number of nitrogens with zero attached hydrogens (tertiary/aromatic N) is 3. The fourth-order valence-electron chi connectivity index (χ4n) is 2.28. The van der Waals surface area contributed by atoms with E-state index in [0.29, 0.717) is 12.1 Å². The summed E-state index contributed by atoms with van der Waals surface area (Å²) in [6.07, 6.45) is 0. The smallest absolute Gasteiger partial charge is 0.373 e. The van der Waals surface area contributed by atoms with Crippen LogP contribution in [0.2, 0.25) is 0 Å². The first-order valence-electron chi connectivity index (χ1n) is 6.55. The quantitative estimate of drug-likeness (QED) is 0.691. The first-order valence-corrected chi connectivity index (χ1v) is 6.55. The van der Waals surface area contributed by atoms with E-state index in [2.05, 4.69) is 14.8 Å². The van der Waals surface area contributed by atoms with Gasteiger partial charge in [0.1, 0.15) is 17.2 Å². The van der Waals surface area contributed by atoms with Crippen molar-refractivity contribution >= 4 is 16.9 Å². The zero-order valence-electron chi connectivity index (χ0n) is 12.1. The second kappa shape index (κ2) is 5.05. The highest BCUT2D eigenvalue weighted by atomic mass is 16.5. The van der Waals surface area contributed by atoms with Crippen LogP contribution in [0.3, 0.4) is 0 Å². The average molecular weight is 285 g/mol. The molecule has 0 radical (unpaired) electrons. The van der Waals surface area contributed by atoms with Gasteiger partial charge in [0.15, 0.2) is 0 Å². The molecule has 0 fully saturated rings. The van der Waals surface area contributed by atoms with Gasteiger partial charge in [-0.3, -0.25) is 0 Å². The van der Waals surface area contributed by atoms with Crippen LogP contribution in [0.4, 0.5) is 0 Å². The Morgan fingerprint density at radius 1 is 1.33 bits per heavy atom. The van der Waals surface area contributed by atoms with Crippen molar-refractivity contribution in [3.05, 3.63) is 47.2 Å². The minimum absolute atomic E-state index is 0.206. The molecule has 0 saturated carbocycles. The summed E-state index contributed by atoms with van der Waals surface area (Å²) in [6, 6.07) is 7.45. The fraction of sp³-hybridized carbons (Fsp3) is 0.267. The number of fused-ring (bicyclic) bond motifs is 1. The van der Waals surface area contributed by atoms with Crippen LogP contribution in [-0.4, -0.2) is 27.8 Å².